The van der Waals surface area contributed by atoms with Crippen LogP contribution >= 0.6 is 0 Å². The lowest BCUT2D eigenvalue weighted by Crippen LogP contribution is -2.23. The fraction of sp³-hybridized carbons (Fsp3) is 0.308. The molecule has 0 radical (unpaired) electrons. The number of benzene rings is 1. The highest BCUT2D eigenvalue weighted by Gasteiger charge is 2.30. The smallest absolute Gasteiger partial charge is 0.292 e. The van der Waals surface area contributed by atoms with Crippen molar-refractivity contribution in [2.24, 2.45) is 16.0 Å². The van der Waals surface area contributed by atoms with Gasteiger partial charge in [-0.2, -0.15) is 18.3 Å². The van der Waals surface area contributed by atoms with E-state index in [4.69, 9.17) is 0 Å². The lowest BCUT2D eigenvalue weighted by Gasteiger charge is -2.07. The van der Waals surface area contributed by atoms with E-state index in [2.05, 4.69) is 15.5 Å². The first-order valence-electron chi connectivity index (χ1n) is 5.88. The number of carbonyl (C=O) groups is 1. The van der Waals surface area contributed by atoms with Gasteiger partial charge in [-0.3, -0.25) is 9.79 Å². The molecule has 0 spiro atoms. The quantitative estimate of drug-likeness (QED) is 0.851. The molecule has 1 aromatic carbocycles. The van der Waals surface area contributed by atoms with Crippen molar-refractivity contribution >= 4 is 17.8 Å². The predicted octanol–water partition coefficient (Wildman–Crippen LogP) is 2.40. The number of aliphatic imine (C=N–C) groups is 1. The maximum Gasteiger partial charge on any atom is 0.416 e. The summed E-state index contributed by atoms with van der Waals surface area (Å²) in [6.07, 6.45) is -2.96. The Hall–Kier alpha value is -2.18. The van der Waals surface area contributed by atoms with Crippen molar-refractivity contribution in [2.75, 3.05) is 0 Å². The summed E-state index contributed by atoms with van der Waals surface area (Å²) in [6, 6.07) is 4.95. The number of nitrogens with one attached hydrogen (secondary N) is 1. The normalized spacial score (nSPS) is 19.3. The van der Waals surface area contributed by atoms with E-state index >= 15 is 0 Å². The first-order valence-corrected chi connectivity index (χ1v) is 5.88. The van der Waals surface area contributed by atoms with Gasteiger partial charge in [-0.05, 0) is 24.6 Å². The molecule has 2 rings (SSSR count). The molecule has 1 aliphatic rings. The minimum atomic E-state index is -4.37. The second-order valence-electron chi connectivity index (χ2n) is 4.39. The second kappa shape index (κ2) is 5.44. The van der Waals surface area contributed by atoms with Crippen molar-refractivity contribution in [1.82, 2.24) is 5.43 Å². The molecule has 7 heteroatoms. The molecule has 0 saturated carbocycles. The number of carbonyl (C=O) groups excluding carboxylic acids is 1. The number of nitrogens with zero attached hydrogens (tertiary/aromatic N) is 2. The number of amides is 1. The summed E-state index contributed by atoms with van der Waals surface area (Å²) in [5.41, 5.74) is 2.62. The molecule has 1 aliphatic heterocycles. The topological polar surface area (TPSA) is 53.8 Å². The third kappa shape index (κ3) is 3.23. The Balaban J connectivity index is 2.04. The van der Waals surface area contributed by atoms with Crippen molar-refractivity contribution in [3.63, 3.8) is 0 Å². The fourth-order valence-corrected chi connectivity index (χ4v) is 1.76. The molecule has 1 N–H and O–H groups in total. The zero-order valence-electron chi connectivity index (χ0n) is 10.6. The summed E-state index contributed by atoms with van der Waals surface area (Å²) < 4.78 is 37.6. The van der Waals surface area contributed by atoms with Crippen molar-refractivity contribution in [2.45, 2.75) is 19.6 Å². The van der Waals surface area contributed by atoms with Crippen LogP contribution in [0.2, 0.25) is 0 Å². The van der Waals surface area contributed by atoms with Crippen LogP contribution in [0, 0.1) is 5.92 Å². The molecule has 106 valence electrons. The van der Waals surface area contributed by atoms with E-state index in [9.17, 15) is 18.0 Å². The van der Waals surface area contributed by atoms with Crippen molar-refractivity contribution in [3.8, 4) is 0 Å². The standard InChI is InChI=1S/C13H12F3N3O/c1-8-11(12(20)19-18-8)7-17-6-9-3-2-4-10(5-9)13(14,15)16/h2-5,7,11H,6H2,1H3,(H,19,20)/t11-/m0/s1. The third-order valence-electron chi connectivity index (χ3n) is 2.86. The summed E-state index contributed by atoms with van der Waals surface area (Å²) >= 11 is 0. The molecular weight excluding hydrogens is 271 g/mol. The molecule has 1 heterocycles. The second-order valence-corrected chi connectivity index (χ2v) is 4.39. The van der Waals surface area contributed by atoms with Gasteiger partial charge >= 0.3 is 6.18 Å². The highest BCUT2D eigenvalue weighted by atomic mass is 19.4. The lowest BCUT2D eigenvalue weighted by molar-refractivity contribution is -0.137. The molecule has 0 bridgehead atoms. The summed E-state index contributed by atoms with van der Waals surface area (Å²) in [5, 5.41) is 3.75. The lowest BCUT2D eigenvalue weighted by atomic mass is 10.1. The van der Waals surface area contributed by atoms with Gasteiger partial charge in [0.25, 0.3) is 5.91 Å². The number of hydrogen-bond donors (Lipinski definition) is 1. The van der Waals surface area contributed by atoms with Gasteiger partial charge in [-0.1, -0.05) is 12.1 Å². The maximum absolute atomic E-state index is 12.5. The molecule has 4 nitrogen and oxygen atoms in total. The van der Waals surface area contributed by atoms with Crippen LogP contribution in [0.15, 0.2) is 34.4 Å². The van der Waals surface area contributed by atoms with Crippen LogP contribution in [0.3, 0.4) is 0 Å². The summed E-state index contributed by atoms with van der Waals surface area (Å²) in [7, 11) is 0. The Kier molecular flexibility index (Phi) is 3.87. The first-order chi connectivity index (χ1) is 9.38. The molecule has 1 aromatic rings. The van der Waals surface area contributed by atoms with Crippen molar-refractivity contribution in [1.29, 1.82) is 0 Å². The van der Waals surface area contributed by atoms with E-state index in [0.717, 1.165) is 12.1 Å². The number of hydrazone groups is 1. The first kappa shape index (κ1) is 14.2. The molecule has 0 saturated heterocycles. The zero-order valence-corrected chi connectivity index (χ0v) is 10.6. The van der Waals surface area contributed by atoms with Crippen LogP contribution < -0.4 is 5.43 Å². The number of hydrogen-bond acceptors (Lipinski definition) is 3. The number of alkyl halides is 3. The number of halogens is 3. The Bertz CT molecular complexity index is 578. The fourth-order valence-electron chi connectivity index (χ4n) is 1.76. The van der Waals surface area contributed by atoms with E-state index in [0.29, 0.717) is 11.3 Å². The molecule has 1 amide bonds. The Morgan fingerprint density at radius 2 is 2.20 bits per heavy atom. The van der Waals surface area contributed by atoms with E-state index in [-0.39, 0.29) is 12.5 Å². The van der Waals surface area contributed by atoms with Gasteiger partial charge in [0.1, 0.15) is 5.92 Å². The van der Waals surface area contributed by atoms with Gasteiger partial charge < -0.3 is 0 Å². The third-order valence-corrected chi connectivity index (χ3v) is 2.86. The highest BCUT2D eigenvalue weighted by molar-refractivity contribution is 6.17. The molecular formula is C13H12F3N3O. The summed E-state index contributed by atoms with van der Waals surface area (Å²) in [5.74, 6) is -0.823. The summed E-state index contributed by atoms with van der Waals surface area (Å²) in [6.45, 7) is 1.76. The maximum atomic E-state index is 12.5. The summed E-state index contributed by atoms with van der Waals surface area (Å²) in [4.78, 5) is 15.4. The van der Waals surface area contributed by atoms with E-state index in [1.807, 2.05) is 0 Å². The molecule has 0 unspecified atom stereocenters. The monoisotopic (exact) mass is 283 g/mol. The van der Waals surface area contributed by atoms with Crippen molar-refractivity contribution < 1.29 is 18.0 Å². The van der Waals surface area contributed by atoms with Gasteiger partial charge in [0.15, 0.2) is 0 Å². The molecule has 20 heavy (non-hydrogen) atoms. The molecule has 0 aromatic heterocycles. The van der Waals surface area contributed by atoms with Gasteiger partial charge in [0.05, 0.1) is 17.8 Å². The minimum absolute atomic E-state index is 0.0843. The van der Waals surface area contributed by atoms with Crippen LogP contribution in [0.1, 0.15) is 18.1 Å². The van der Waals surface area contributed by atoms with Crippen LogP contribution in [-0.2, 0) is 17.5 Å². The van der Waals surface area contributed by atoms with E-state index in [1.54, 1.807) is 13.0 Å². The van der Waals surface area contributed by atoms with Gasteiger partial charge in [0, 0.05) is 6.21 Å². The largest absolute Gasteiger partial charge is 0.416 e. The number of rotatable bonds is 3. The Morgan fingerprint density at radius 1 is 1.45 bits per heavy atom. The zero-order chi connectivity index (χ0) is 14.8. The highest BCUT2D eigenvalue weighted by Crippen LogP contribution is 2.29. The van der Waals surface area contributed by atoms with Crippen LogP contribution in [-0.4, -0.2) is 17.8 Å². The van der Waals surface area contributed by atoms with Gasteiger partial charge in [-0.15, -0.1) is 0 Å². The van der Waals surface area contributed by atoms with Gasteiger partial charge in [-0.25, -0.2) is 5.43 Å². The van der Waals surface area contributed by atoms with Crippen LogP contribution in [0.5, 0.6) is 0 Å². The van der Waals surface area contributed by atoms with E-state index in [1.165, 1.54) is 12.3 Å². The van der Waals surface area contributed by atoms with Gasteiger partial charge in [0.2, 0.25) is 0 Å². The van der Waals surface area contributed by atoms with E-state index < -0.39 is 17.7 Å². The Morgan fingerprint density at radius 3 is 2.80 bits per heavy atom. The minimum Gasteiger partial charge on any atom is -0.292 e. The molecule has 1 atom stereocenters. The SMILES string of the molecule is CC1=NNC(=O)[C@H]1C=NCc1cccc(C(F)(F)F)c1. The van der Waals surface area contributed by atoms with Crippen LogP contribution in [0.25, 0.3) is 0 Å². The van der Waals surface area contributed by atoms with Crippen LogP contribution in [0.4, 0.5) is 13.2 Å². The molecule has 0 fully saturated rings. The average molecular weight is 283 g/mol. The molecule has 0 aliphatic carbocycles. The predicted molar refractivity (Wildman–Crippen MR) is 68.4 cm³/mol. The Labute approximate surface area is 113 Å². The average Bonchev–Trinajstić information content (AvgIpc) is 2.70. The van der Waals surface area contributed by atoms with Crippen molar-refractivity contribution in [3.05, 3.63) is 35.4 Å².